The second-order valence-corrected chi connectivity index (χ2v) is 5.86. The lowest BCUT2D eigenvalue weighted by Crippen LogP contribution is -2.40. The van der Waals surface area contributed by atoms with Crippen LogP contribution in [0, 0.1) is 0 Å². The van der Waals surface area contributed by atoms with Gasteiger partial charge in [0, 0.05) is 35.4 Å². The highest BCUT2D eigenvalue weighted by molar-refractivity contribution is 9.10. The Morgan fingerprint density at radius 2 is 2.12 bits per heavy atom. The monoisotopic (exact) mass is 288 g/mol. The Bertz CT molecular complexity index is 336. The Labute approximate surface area is 105 Å². The van der Waals surface area contributed by atoms with Crippen molar-refractivity contribution in [1.82, 2.24) is 10.3 Å². The molecule has 0 aliphatic carbocycles. The molecule has 0 aliphatic rings. The van der Waals surface area contributed by atoms with E-state index in [9.17, 15) is 4.39 Å². The molecule has 1 atom stereocenters. The molecule has 90 valence electrons. The predicted molar refractivity (Wildman–Crippen MR) is 68.3 cm³/mol. The third-order valence-corrected chi connectivity index (χ3v) is 2.51. The second-order valence-electron chi connectivity index (χ2n) is 4.94. The molecule has 0 bridgehead atoms. The molecular weight excluding hydrogens is 271 g/mol. The molecule has 1 aromatic heterocycles. The molecule has 4 heteroatoms. The molecule has 0 aliphatic heterocycles. The predicted octanol–water partition coefficient (Wildman–Crippen LogP) is 3.11. The maximum Gasteiger partial charge on any atom is 0.117 e. The molecule has 0 saturated heterocycles. The van der Waals surface area contributed by atoms with E-state index in [0.29, 0.717) is 13.0 Å². The van der Waals surface area contributed by atoms with E-state index in [1.807, 2.05) is 26.8 Å². The minimum Gasteiger partial charge on any atom is -0.309 e. The van der Waals surface area contributed by atoms with Crippen LogP contribution in [-0.2, 0) is 6.42 Å². The third-order valence-electron chi connectivity index (χ3n) is 2.07. The number of halogens is 2. The third kappa shape index (κ3) is 5.56. The summed E-state index contributed by atoms with van der Waals surface area (Å²) >= 11 is 3.32. The zero-order valence-corrected chi connectivity index (χ0v) is 11.5. The van der Waals surface area contributed by atoms with E-state index >= 15 is 0 Å². The molecule has 2 nitrogen and oxygen atoms in total. The van der Waals surface area contributed by atoms with Crippen LogP contribution < -0.4 is 5.32 Å². The van der Waals surface area contributed by atoms with Gasteiger partial charge in [-0.3, -0.25) is 4.98 Å². The van der Waals surface area contributed by atoms with E-state index < -0.39 is 6.17 Å². The first-order valence-corrected chi connectivity index (χ1v) is 6.14. The van der Waals surface area contributed by atoms with Crippen LogP contribution in [0.25, 0.3) is 0 Å². The summed E-state index contributed by atoms with van der Waals surface area (Å²) in [5.41, 5.74) is 0.873. The molecule has 1 rings (SSSR count). The van der Waals surface area contributed by atoms with Gasteiger partial charge in [0.25, 0.3) is 0 Å². The second kappa shape index (κ2) is 5.73. The van der Waals surface area contributed by atoms with E-state index in [-0.39, 0.29) is 5.54 Å². The summed E-state index contributed by atoms with van der Waals surface area (Å²) in [6.45, 7) is 6.46. The number of nitrogens with one attached hydrogen (secondary N) is 1. The lowest BCUT2D eigenvalue weighted by atomic mass is 10.1. The number of aromatic nitrogens is 1. The summed E-state index contributed by atoms with van der Waals surface area (Å²) < 4.78 is 14.5. The minimum atomic E-state index is -0.879. The summed E-state index contributed by atoms with van der Waals surface area (Å²) in [6.07, 6.45) is 2.92. The van der Waals surface area contributed by atoms with Gasteiger partial charge in [0.1, 0.15) is 6.17 Å². The summed E-state index contributed by atoms with van der Waals surface area (Å²) in [6, 6.07) is 1.90. The molecule has 1 N–H and O–H groups in total. The first-order valence-electron chi connectivity index (χ1n) is 5.35. The number of hydrogen-bond donors (Lipinski definition) is 1. The Morgan fingerprint density at radius 3 is 2.69 bits per heavy atom. The van der Waals surface area contributed by atoms with Crippen molar-refractivity contribution in [3.8, 4) is 0 Å². The van der Waals surface area contributed by atoms with Gasteiger partial charge in [-0.15, -0.1) is 0 Å². The van der Waals surface area contributed by atoms with Crippen LogP contribution >= 0.6 is 15.9 Å². The highest BCUT2D eigenvalue weighted by Crippen LogP contribution is 2.12. The Balaban J connectivity index is 2.43. The van der Waals surface area contributed by atoms with Crippen molar-refractivity contribution >= 4 is 15.9 Å². The van der Waals surface area contributed by atoms with Gasteiger partial charge >= 0.3 is 0 Å². The van der Waals surface area contributed by atoms with Crippen molar-refractivity contribution in [3.05, 3.63) is 28.5 Å². The molecule has 0 saturated carbocycles. The molecule has 0 radical (unpaired) electrons. The molecule has 0 amide bonds. The first kappa shape index (κ1) is 13.6. The highest BCUT2D eigenvalue weighted by Gasteiger charge is 2.13. The zero-order chi connectivity index (χ0) is 12.2. The molecule has 1 aromatic rings. The summed E-state index contributed by atoms with van der Waals surface area (Å²) in [5, 5.41) is 3.15. The van der Waals surface area contributed by atoms with Crippen molar-refractivity contribution in [3.63, 3.8) is 0 Å². The van der Waals surface area contributed by atoms with Gasteiger partial charge in [-0.05, 0) is 48.3 Å². The van der Waals surface area contributed by atoms with E-state index in [0.717, 1.165) is 10.0 Å². The minimum absolute atomic E-state index is 0.0418. The van der Waals surface area contributed by atoms with Crippen LogP contribution in [-0.4, -0.2) is 23.2 Å². The van der Waals surface area contributed by atoms with Crippen LogP contribution in [0.2, 0.25) is 0 Å². The Kier molecular flexibility index (Phi) is 4.87. The van der Waals surface area contributed by atoms with E-state index in [1.54, 1.807) is 12.4 Å². The van der Waals surface area contributed by atoms with Crippen molar-refractivity contribution < 1.29 is 4.39 Å². The van der Waals surface area contributed by atoms with Crippen molar-refractivity contribution in [2.24, 2.45) is 0 Å². The summed E-state index contributed by atoms with van der Waals surface area (Å²) in [7, 11) is 0. The fourth-order valence-corrected chi connectivity index (χ4v) is 1.72. The normalized spacial score (nSPS) is 13.8. The number of rotatable bonds is 4. The van der Waals surface area contributed by atoms with Crippen LogP contribution in [0.5, 0.6) is 0 Å². The largest absolute Gasteiger partial charge is 0.309 e. The van der Waals surface area contributed by atoms with Gasteiger partial charge in [-0.2, -0.15) is 0 Å². The van der Waals surface area contributed by atoms with E-state index in [1.165, 1.54) is 0 Å². The highest BCUT2D eigenvalue weighted by atomic mass is 79.9. The van der Waals surface area contributed by atoms with Crippen LogP contribution in [0.3, 0.4) is 0 Å². The average molecular weight is 289 g/mol. The van der Waals surface area contributed by atoms with Crippen LogP contribution in [0.1, 0.15) is 26.3 Å². The fraction of sp³-hybridized carbons (Fsp3) is 0.583. The van der Waals surface area contributed by atoms with Crippen LogP contribution in [0.4, 0.5) is 4.39 Å². The van der Waals surface area contributed by atoms with Gasteiger partial charge in [-0.25, -0.2) is 4.39 Å². The maximum absolute atomic E-state index is 13.6. The standard InChI is InChI=1S/C12H18BrFN2/c1-12(2,3)16-8-11(14)5-9-4-10(13)7-15-6-9/h4,6-7,11,16H,5,8H2,1-3H3. The number of hydrogen-bond acceptors (Lipinski definition) is 2. The first-order chi connectivity index (χ1) is 7.37. The average Bonchev–Trinajstić information content (AvgIpc) is 2.14. The van der Waals surface area contributed by atoms with Gasteiger partial charge in [0.15, 0.2) is 0 Å². The van der Waals surface area contributed by atoms with E-state index in [4.69, 9.17) is 0 Å². The zero-order valence-electron chi connectivity index (χ0n) is 9.93. The lowest BCUT2D eigenvalue weighted by molar-refractivity contribution is 0.284. The van der Waals surface area contributed by atoms with Crippen molar-refractivity contribution in [1.29, 1.82) is 0 Å². The maximum atomic E-state index is 13.6. The molecule has 0 fully saturated rings. The lowest BCUT2D eigenvalue weighted by Gasteiger charge is -2.22. The fourth-order valence-electron chi connectivity index (χ4n) is 1.31. The molecule has 0 aromatic carbocycles. The van der Waals surface area contributed by atoms with Crippen LogP contribution in [0.15, 0.2) is 22.9 Å². The van der Waals surface area contributed by atoms with Crippen molar-refractivity contribution in [2.75, 3.05) is 6.54 Å². The Hall–Kier alpha value is -0.480. The molecule has 0 spiro atoms. The molecule has 1 unspecified atom stereocenters. The SMILES string of the molecule is CC(C)(C)NCC(F)Cc1cncc(Br)c1. The van der Waals surface area contributed by atoms with Gasteiger partial charge in [0.2, 0.25) is 0 Å². The quantitative estimate of drug-likeness (QED) is 0.921. The van der Waals surface area contributed by atoms with E-state index in [2.05, 4.69) is 26.2 Å². The molecule has 1 heterocycles. The smallest absolute Gasteiger partial charge is 0.117 e. The molecular formula is C12H18BrFN2. The van der Waals surface area contributed by atoms with Gasteiger partial charge in [-0.1, -0.05) is 0 Å². The number of nitrogens with zero attached hydrogens (tertiary/aromatic N) is 1. The number of pyridine rings is 1. The van der Waals surface area contributed by atoms with Gasteiger partial charge < -0.3 is 5.32 Å². The Morgan fingerprint density at radius 1 is 1.44 bits per heavy atom. The number of alkyl halides is 1. The molecule has 16 heavy (non-hydrogen) atoms. The summed E-state index contributed by atoms with van der Waals surface area (Å²) in [5.74, 6) is 0. The summed E-state index contributed by atoms with van der Waals surface area (Å²) in [4.78, 5) is 4.01. The van der Waals surface area contributed by atoms with Gasteiger partial charge in [0.05, 0.1) is 0 Å². The topological polar surface area (TPSA) is 24.9 Å². The van der Waals surface area contributed by atoms with Crippen molar-refractivity contribution in [2.45, 2.75) is 38.9 Å².